The number of rotatable bonds is 9. The van der Waals surface area contributed by atoms with E-state index in [-0.39, 0.29) is 11.7 Å². The maximum atomic E-state index is 12.9. The lowest BCUT2D eigenvalue weighted by Crippen LogP contribution is -2.15. The van der Waals surface area contributed by atoms with Gasteiger partial charge in [0, 0.05) is 11.4 Å². The van der Waals surface area contributed by atoms with Crippen LogP contribution in [0.1, 0.15) is 66.1 Å². The Hall–Kier alpha value is -2.80. The molecule has 1 N–H and O–H groups in total. The van der Waals surface area contributed by atoms with Crippen LogP contribution in [0.5, 0.6) is 5.75 Å². The van der Waals surface area contributed by atoms with Gasteiger partial charge in [0.15, 0.2) is 17.1 Å². The molecule has 1 amide bonds. The van der Waals surface area contributed by atoms with Crippen LogP contribution >= 0.6 is 34.7 Å². The molecule has 3 aromatic rings. The molecule has 2 aromatic heterocycles. The molecule has 10 heteroatoms. The van der Waals surface area contributed by atoms with Gasteiger partial charge >= 0.3 is 0 Å². The first kappa shape index (κ1) is 27.2. The van der Waals surface area contributed by atoms with Gasteiger partial charge in [0.05, 0.1) is 16.3 Å². The first-order chi connectivity index (χ1) is 17.9. The summed E-state index contributed by atoms with van der Waals surface area (Å²) in [6.07, 6.45) is 7.83. The van der Waals surface area contributed by atoms with Crippen LogP contribution in [0.4, 0.5) is 5.00 Å². The lowest BCUT2D eigenvalue weighted by molar-refractivity contribution is -0.113. The zero-order valence-corrected chi connectivity index (χ0v) is 23.4. The molecular formula is C27H30ClN5O2S2. The molecule has 2 heterocycles. The van der Waals surface area contributed by atoms with Gasteiger partial charge in [-0.2, -0.15) is 5.26 Å². The Morgan fingerprint density at radius 2 is 2.14 bits per heavy atom. The van der Waals surface area contributed by atoms with Gasteiger partial charge in [-0.25, -0.2) is 0 Å². The number of hydrogen-bond acceptors (Lipinski definition) is 7. The number of thioether (sulfide) groups is 1. The Balaban J connectivity index is 1.45. The first-order valence-electron chi connectivity index (χ1n) is 12.3. The van der Waals surface area contributed by atoms with Crippen molar-refractivity contribution in [2.75, 3.05) is 11.1 Å². The van der Waals surface area contributed by atoms with Crippen LogP contribution in [0.3, 0.4) is 0 Å². The van der Waals surface area contributed by atoms with E-state index < -0.39 is 6.10 Å². The fourth-order valence-electron chi connectivity index (χ4n) is 4.37. The van der Waals surface area contributed by atoms with E-state index in [2.05, 4.69) is 28.2 Å². The van der Waals surface area contributed by atoms with E-state index >= 15 is 0 Å². The number of nitrogens with one attached hydrogen (secondary N) is 1. The number of halogens is 1. The fraction of sp³-hybridized carbons (Fsp3) is 0.407. The highest BCUT2D eigenvalue weighted by Gasteiger charge is 2.23. The number of allylic oxidation sites excluding steroid dienone is 1. The molecule has 0 radical (unpaired) electrons. The van der Waals surface area contributed by atoms with E-state index in [1.807, 2.05) is 30.5 Å². The zero-order chi connectivity index (χ0) is 26.4. The van der Waals surface area contributed by atoms with Crippen molar-refractivity contribution in [3.05, 3.63) is 63.3 Å². The number of hydrogen-bond donors (Lipinski definition) is 1. The number of carbonyl (C=O) groups excluding carboxylic acids is 1. The number of aryl methyl sites for hydroxylation is 2. The SMILES string of the molecule is C=CCn1c(SCC(=O)Nc2sc3c(c2C#N)CCCCCC3)nnc1C(C)Oc1cc(C)ccc1Cl. The molecule has 37 heavy (non-hydrogen) atoms. The molecule has 194 valence electrons. The third kappa shape index (κ3) is 6.56. The molecular weight excluding hydrogens is 526 g/mol. The summed E-state index contributed by atoms with van der Waals surface area (Å²) in [5.74, 6) is 1.16. The Morgan fingerprint density at radius 3 is 2.89 bits per heavy atom. The summed E-state index contributed by atoms with van der Waals surface area (Å²) in [4.78, 5) is 14.1. The number of thiophene rings is 1. The summed E-state index contributed by atoms with van der Waals surface area (Å²) >= 11 is 9.14. The molecule has 0 saturated carbocycles. The summed E-state index contributed by atoms with van der Waals surface area (Å²) < 4.78 is 7.98. The lowest BCUT2D eigenvalue weighted by atomic mass is 9.97. The molecule has 4 rings (SSSR count). The molecule has 0 fully saturated rings. The quantitative estimate of drug-likeness (QED) is 0.228. The highest BCUT2D eigenvalue weighted by atomic mass is 35.5. The van der Waals surface area contributed by atoms with E-state index in [0.717, 1.165) is 36.8 Å². The maximum absolute atomic E-state index is 12.9. The van der Waals surface area contributed by atoms with Crippen molar-refractivity contribution in [1.82, 2.24) is 14.8 Å². The van der Waals surface area contributed by atoms with Crippen molar-refractivity contribution < 1.29 is 9.53 Å². The van der Waals surface area contributed by atoms with Crippen molar-refractivity contribution in [3.8, 4) is 11.8 Å². The predicted molar refractivity (Wildman–Crippen MR) is 150 cm³/mol. The van der Waals surface area contributed by atoms with E-state index in [0.29, 0.717) is 38.9 Å². The normalized spacial score (nSPS) is 14.1. The van der Waals surface area contributed by atoms with Crippen LogP contribution in [0.25, 0.3) is 0 Å². The van der Waals surface area contributed by atoms with E-state index in [4.69, 9.17) is 16.3 Å². The van der Waals surface area contributed by atoms with E-state index in [1.165, 1.54) is 29.5 Å². The molecule has 1 atom stereocenters. The summed E-state index contributed by atoms with van der Waals surface area (Å²) in [5.41, 5.74) is 2.78. The van der Waals surface area contributed by atoms with Crippen molar-refractivity contribution in [3.63, 3.8) is 0 Å². The summed E-state index contributed by atoms with van der Waals surface area (Å²) in [7, 11) is 0. The van der Waals surface area contributed by atoms with Crippen molar-refractivity contribution in [1.29, 1.82) is 5.26 Å². The number of fused-ring (bicyclic) bond motifs is 1. The average molecular weight is 556 g/mol. The Morgan fingerprint density at radius 1 is 1.35 bits per heavy atom. The fourth-order valence-corrected chi connectivity index (χ4v) is 6.54. The standard InChI is InChI=1S/C27H30ClN5O2S2/c1-4-13-33-25(18(3)35-22-14-17(2)11-12-21(22)28)31-32-27(33)36-16-24(34)30-26-20(15-29)19-9-7-5-6-8-10-23(19)37-26/h4,11-12,14,18H,1,5-10,13,16H2,2-3H3,(H,30,34). The zero-order valence-electron chi connectivity index (χ0n) is 21.1. The minimum absolute atomic E-state index is 0.141. The number of ether oxygens (including phenoxy) is 1. The largest absolute Gasteiger partial charge is 0.481 e. The second-order valence-electron chi connectivity index (χ2n) is 9.00. The number of anilines is 1. The van der Waals surface area contributed by atoms with Crippen LogP contribution in [0.15, 0.2) is 36.0 Å². The first-order valence-corrected chi connectivity index (χ1v) is 14.5. The lowest BCUT2D eigenvalue weighted by Gasteiger charge is -2.17. The Bertz CT molecular complexity index is 1330. The highest BCUT2D eigenvalue weighted by Crippen LogP contribution is 2.37. The minimum atomic E-state index is -0.418. The molecule has 0 aliphatic heterocycles. The molecule has 7 nitrogen and oxygen atoms in total. The summed E-state index contributed by atoms with van der Waals surface area (Å²) in [6, 6.07) is 7.94. The number of benzene rings is 1. The third-order valence-corrected chi connectivity index (χ3v) is 8.67. The second-order valence-corrected chi connectivity index (χ2v) is 11.5. The van der Waals surface area contributed by atoms with Gasteiger partial charge in [-0.05, 0) is 62.8 Å². The molecule has 1 aromatic carbocycles. The van der Waals surface area contributed by atoms with Gasteiger partial charge in [0.2, 0.25) is 5.91 Å². The molecule has 1 unspecified atom stereocenters. The number of amides is 1. The number of nitrogens with zero attached hydrogens (tertiary/aromatic N) is 4. The van der Waals surface area contributed by atoms with Gasteiger partial charge in [-0.15, -0.1) is 28.1 Å². The Labute approximate surface area is 230 Å². The van der Waals surface area contributed by atoms with Gasteiger partial charge in [0.1, 0.15) is 16.8 Å². The van der Waals surface area contributed by atoms with Gasteiger partial charge < -0.3 is 10.1 Å². The van der Waals surface area contributed by atoms with Crippen LogP contribution in [0, 0.1) is 18.3 Å². The van der Waals surface area contributed by atoms with Crippen LogP contribution in [-0.2, 0) is 24.2 Å². The minimum Gasteiger partial charge on any atom is -0.481 e. The summed E-state index contributed by atoms with van der Waals surface area (Å²) in [6.45, 7) is 8.17. The second kappa shape index (κ2) is 12.6. The topological polar surface area (TPSA) is 92.8 Å². The Kier molecular flexibility index (Phi) is 9.30. The number of aromatic nitrogens is 3. The van der Waals surface area contributed by atoms with Crippen LogP contribution in [0.2, 0.25) is 5.02 Å². The molecule has 1 aliphatic rings. The van der Waals surface area contributed by atoms with Gasteiger partial charge in [0.25, 0.3) is 0 Å². The van der Waals surface area contributed by atoms with Crippen LogP contribution in [-0.4, -0.2) is 26.4 Å². The number of nitriles is 1. The van der Waals surface area contributed by atoms with E-state index in [1.54, 1.807) is 23.5 Å². The monoisotopic (exact) mass is 555 g/mol. The molecule has 0 saturated heterocycles. The third-order valence-electron chi connectivity index (χ3n) is 6.18. The number of carbonyl (C=O) groups is 1. The molecule has 1 aliphatic carbocycles. The van der Waals surface area contributed by atoms with Crippen molar-refractivity contribution >= 4 is 45.6 Å². The van der Waals surface area contributed by atoms with Gasteiger partial charge in [-0.1, -0.05) is 48.3 Å². The predicted octanol–water partition coefficient (Wildman–Crippen LogP) is 6.89. The molecule has 0 bridgehead atoms. The summed E-state index contributed by atoms with van der Waals surface area (Å²) in [5, 5.41) is 23.2. The molecule has 0 spiro atoms. The van der Waals surface area contributed by atoms with Crippen molar-refractivity contribution in [2.24, 2.45) is 0 Å². The smallest absolute Gasteiger partial charge is 0.235 e. The van der Waals surface area contributed by atoms with Crippen molar-refractivity contribution in [2.45, 2.75) is 70.2 Å². The average Bonchev–Trinajstić information content (AvgIpc) is 3.40. The van der Waals surface area contributed by atoms with Gasteiger partial charge in [-0.3, -0.25) is 9.36 Å². The van der Waals surface area contributed by atoms with E-state index in [9.17, 15) is 10.1 Å². The highest BCUT2D eigenvalue weighted by molar-refractivity contribution is 7.99. The maximum Gasteiger partial charge on any atom is 0.235 e. The van der Waals surface area contributed by atoms with Crippen LogP contribution < -0.4 is 10.1 Å².